The van der Waals surface area contributed by atoms with Crippen LogP contribution < -0.4 is 9.44 Å². The lowest BCUT2D eigenvalue weighted by Crippen LogP contribution is -2.18. The molecule has 4 aromatic carbocycles. The Morgan fingerprint density at radius 1 is 0.458 bits per heavy atom. The Kier molecular flexibility index (Phi) is 9.30. The third-order valence-corrected chi connectivity index (χ3v) is 10.7. The molecule has 0 fully saturated rings. The summed E-state index contributed by atoms with van der Waals surface area (Å²) in [5, 5.41) is 0. The summed E-state index contributed by atoms with van der Waals surface area (Å²) in [5.74, 6) is 0. The number of hydrogen-bond donors (Lipinski definition) is 2. The molecule has 2 N–H and O–H groups in total. The lowest BCUT2D eigenvalue weighted by atomic mass is 9.96. The molecule has 240 valence electrons. The van der Waals surface area contributed by atoms with Crippen molar-refractivity contribution in [2.75, 3.05) is 0 Å². The van der Waals surface area contributed by atoms with E-state index in [1.54, 1.807) is 48.5 Å². The highest BCUT2D eigenvalue weighted by Crippen LogP contribution is 2.42. The van der Waals surface area contributed by atoms with E-state index in [-0.39, 0.29) is 9.79 Å². The SMILES string of the molecule is Cc1ccc(S(=O)(=O)N/C=C(\c2ccccc2)c2cc(/C(=C/NS(=O)(=O)c3ccc(C)cc3)c3ccccc3)c3cccccc2-3)cc1. The van der Waals surface area contributed by atoms with E-state index in [0.717, 1.165) is 44.5 Å². The number of aryl methyl sites for hydroxylation is 2. The van der Waals surface area contributed by atoms with Crippen LogP contribution in [0.2, 0.25) is 0 Å². The predicted molar refractivity (Wildman–Crippen MR) is 193 cm³/mol. The van der Waals surface area contributed by atoms with Crippen molar-refractivity contribution in [2.45, 2.75) is 23.6 Å². The van der Waals surface area contributed by atoms with Crippen LogP contribution in [0.3, 0.4) is 0 Å². The van der Waals surface area contributed by atoms with E-state index >= 15 is 0 Å². The summed E-state index contributed by atoms with van der Waals surface area (Å²) >= 11 is 0. The van der Waals surface area contributed by atoms with Gasteiger partial charge in [0.05, 0.1) is 9.79 Å². The van der Waals surface area contributed by atoms with Crippen molar-refractivity contribution in [2.24, 2.45) is 0 Å². The van der Waals surface area contributed by atoms with Gasteiger partial charge in [-0.2, -0.15) is 0 Å². The molecule has 4 aromatic rings. The number of rotatable bonds is 10. The van der Waals surface area contributed by atoms with Crippen molar-refractivity contribution < 1.29 is 16.8 Å². The lowest BCUT2D eigenvalue weighted by Gasteiger charge is -2.11. The van der Waals surface area contributed by atoms with Gasteiger partial charge in [0.1, 0.15) is 0 Å². The monoisotopic (exact) mass is 670 g/mol. The summed E-state index contributed by atoms with van der Waals surface area (Å²) < 4.78 is 59.0. The third-order valence-electron chi connectivity index (χ3n) is 8.04. The second kappa shape index (κ2) is 13.7. The first-order chi connectivity index (χ1) is 23.1. The van der Waals surface area contributed by atoms with Gasteiger partial charge < -0.3 is 0 Å². The van der Waals surface area contributed by atoms with Crippen molar-refractivity contribution in [1.29, 1.82) is 0 Å². The molecule has 0 bridgehead atoms. The fraction of sp³-hybridized carbons (Fsp3) is 0.0500. The molecular weight excluding hydrogens is 637 g/mol. The van der Waals surface area contributed by atoms with Crippen molar-refractivity contribution >= 4 is 31.2 Å². The molecular formula is C40H34N2O4S2. The highest BCUT2D eigenvalue weighted by molar-refractivity contribution is 7.89. The van der Waals surface area contributed by atoms with Gasteiger partial charge in [0.2, 0.25) is 0 Å². The summed E-state index contributed by atoms with van der Waals surface area (Å²) in [6, 6.07) is 44.2. The van der Waals surface area contributed by atoms with Gasteiger partial charge in [0, 0.05) is 23.5 Å². The Morgan fingerprint density at radius 3 is 1.15 bits per heavy atom. The van der Waals surface area contributed by atoms with E-state index in [0.29, 0.717) is 11.1 Å². The second-order valence-corrected chi connectivity index (χ2v) is 14.9. The van der Waals surface area contributed by atoms with E-state index in [1.165, 1.54) is 12.4 Å². The molecule has 0 amide bonds. The van der Waals surface area contributed by atoms with Crippen LogP contribution in [0, 0.1) is 13.8 Å². The van der Waals surface area contributed by atoms with Crippen LogP contribution in [0.15, 0.2) is 168 Å². The topological polar surface area (TPSA) is 92.3 Å². The van der Waals surface area contributed by atoms with Crippen molar-refractivity contribution in [3.8, 4) is 11.1 Å². The zero-order valence-electron chi connectivity index (χ0n) is 26.5. The normalized spacial score (nSPS) is 12.5. The minimum atomic E-state index is -3.88. The maximum Gasteiger partial charge on any atom is 0.261 e. The highest BCUT2D eigenvalue weighted by Gasteiger charge is 2.23. The van der Waals surface area contributed by atoms with Crippen LogP contribution in [-0.4, -0.2) is 16.8 Å². The molecule has 0 unspecified atom stereocenters. The Morgan fingerprint density at radius 2 is 0.792 bits per heavy atom. The van der Waals surface area contributed by atoms with E-state index in [1.807, 2.05) is 111 Å². The molecule has 0 aliphatic heterocycles. The Bertz CT molecular complexity index is 2140. The van der Waals surface area contributed by atoms with Crippen LogP contribution in [0.25, 0.3) is 22.3 Å². The quantitative estimate of drug-likeness (QED) is 0.154. The maximum atomic E-state index is 13.4. The fourth-order valence-corrected chi connectivity index (χ4v) is 7.28. The standard InChI is InChI=1S/C40H34N2O4S2/c1-29-18-22-33(23-19-29)47(43,44)41-27-39(31-12-6-3-7-13-31)37-26-38(36-17-11-5-10-16-35(36)37)40(32-14-8-4-9-15-32)28-42-48(45,46)34-24-20-30(2)21-25-34/h3-28,41-42H,1-2H3/b39-27+,40-28+. The van der Waals surface area contributed by atoms with Gasteiger partial charge in [0.25, 0.3) is 20.0 Å². The minimum Gasteiger partial charge on any atom is -0.286 e. The van der Waals surface area contributed by atoms with Gasteiger partial charge in [-0.05, 0) is 77.6 Å². The van der Waals surface area contributed by atoms with Gasteiger partial charge in [-0.25, -0.2) is 16.8 Å². The number of fused-ring (bicyclic) bond motifs is 1. The molecule has 2 aliphatic carbocycles. The molecule has 0 saturated carbocycles. The Balaban J connectivity index is 1.52. The lowest BCUT2D eigenvalue weighted by molar-refractivity contribution is 0.589. The van der Waals surface area contributed by atoms with Gasteiger partial charge in [-0.1, -0.05) is 126 Å². The zero-order chi connectivity index (χ0) is 33.7. The summed E-state index contributed by atoms with van der Waals surface area (Å²) in [5.41, 5.74) is 8.12. The number of benzene rings is 4. The van der Waals surface area contributed by atoms with E-state index in [2.05, 4.69) is 9.44 Å². The molecule has 48 heavy (non-hydrogen) atoms. The minimum absolute atomic E-state index is 0.159. The number of nitrogens with one attached hydrogen (secondary N) is 2. The van der Waals surface area contributed by atoms with Gasteiger partial charge in [-0.3, -0.25) is 9.44 Å². The predicted octanol–water partition coefficient (Wildman–Crippen LogP) is 8.14. The van der Waals surface area contributed by atoms with Crippen molar-refractivity contribution in [1.82, 2.24) is 9.44 Å². The van der Waals surface area contributed by atoms with E-state index < -0.39 is 20.0 Å². The molecule has 0 heterocycles. The van der Waals surface area contributed by atoms with Crippen molar-refractivity contribution in [3.63, 3.8) is 0 Å². The number of sulfonamides is 2. The second-order valence-electron chi connectivity index (χ2n) is 11.4. The Hall–Kier alpha value is -5.44. The number of hydrogen-bond acceptors (Lipinski definition) is 4. The Labute approximate surface area is 282 Å². The summed E-state index contributed by atoms with van der Waals surface area (Å²) in [6.07, 6.45) is 3.06. The first-order valence-electron chi connectivity index (χ1n) is 15.3. The molecule has 6 rings (SSSR count). The smallest absolute Gasteiger partial charge is 0.261 e. The van der Waals surface area contributed by atoms with E-state index in [9.17, 15) is 16.8 Å². The molecule has 2 aliphatic rings. The third kappa shape index (κ3) is 7.10. The average molecular weight is 671 g/mol. The van der Waals surface area contributed by atoms with Crippen molar-refractivity contribution in [3.05, 3.63) is 191 Å². The largest absolute Gasteiger partial charge is 0.286 e. The van der Waals surface area contributed by atoms with E-state index in [4.69, 9.17) is 0 Å². The van der Waals surface area contributed by atoms with Crippen LogP contribution in [0.4, 0.5) is 0 Å². The molecule has 0 saturated heterocycles. The zero-order valence-corrected chi connectivity index (χ0v) is 28.1. The van der Waals surface area contributed by atoms with Crippen LogP contribution in [-0.2, 0) is 20.0 Å². The first kappa shape index (κ1) is 32.5. The summed E-state index contributed by atoms with van der Waals surface area (Å²) in [6.45, 7) is 3.81. The van der Waals surface area contributed by atoms with Crippen LogP contribution >= 0.6 is 0 Å². The van der Waals surface area contributed by atoms with Gasteiger partial charge in [0.15, 0.2) is 0 Å². The molecule has 0 spiro atoms. The first-order valence-corrected chi connectivity index (χ1v) is 18.3. The van der Waals surface area contributed by atoms with Crippen LogP contribution in [0.1, 0.15) is 33.4 Å². The molecule has 8 heteroatoms. The average Bonchev–Trinajstić information content (AvgIpc) is 3.25. The summed E-state index contributed by atoms with van der Waals surface area (Å²) in [4.78, 5) is 0.317. The summed E-state index contributed by atoms with van der Waals surface area (Å²) in [7, 11) is -7.75. The van der Waals surface area contributed by atoms with Gasteiger partial charge in [-0.15, -0.1) is 0 Å². The maximum absolute atomic E-state index is 13.4. The molecule has 0 radical (unpaired) electrons. The molecule has 6 nitrogen and oxygen atoms in total. The highest BCUT2D eigenvalue weighted by atomic mass is 32.2. The van der Waals surface area contributed by atoms with Crippen LogP contribution in [0.5, 0.6) is 0 Å². The van der Waals surface area contributed by atoms with Gasteiger partial charge >= 0.3 is 0 Å². The molecule has 0 aromatic heterocycles. The molecule has 0 atom stereocenters. The fourth-order valence-electron chi connectivity index (χ4n) is 5.48.